The maximum Gasteiger partial charge on any atom is 0.205 e. The molecule has 51 heavy (non-hydrogen) atoms. The van der Waals surface area contributed by atoms with E-state index in [4.69, 9.17) is 39.6 Å². The predicted molar refractivity (Wildman–Crippen MR) is 197 cm³/mol. The number of hydrogen-bond donors (Lipinski definition) is 2. The van der Waals surface area contributed by atoms with Crippen LogP contribution in [0.25, 0.3) is 21.1 Å². The number of rotatable bonds is 5. The number of allylic oxidation sites excluding steroid dienone is 2. The lowest BCUT2D eigenvalue weighted by Crippen LogP contribution is -2.21. The molecule has 6 aromatic rings. The summed E-state index contributed by atoms with van der Waals surface area (Å²) in [7, 11) is 4.77. The fraction of sp³-hybridized carbons (Fsp3) is 0.128. The van der Waals surface area contributed by atoms with Crippen LogP contribution < -0.4 is 35.2 Å². The molecule has 2 aromatic heterocycles. The summed E-state index contributed by atoms with van der Waals surface area (Å²) in [5, 5.41) is 23.2. The van der Waals surface area contributed by atoms with E-state index in [9.17, 15) is 10.5 Å². The van der Waals surface area contributed by atoms with Crippen LogP contribution in [-0.4, -0.2) is 21.3 Å². The quantitative estimate of drug-likeness (QED) is 0.174. The number of ether oxygens (including phenoxy) is 5. The molecule has 2 atom stereocenters. The average Bonchev–Trinajstić information content (AvgIpc) is 3.84. The summed E-state index contributed by atoms with van der Waals surface area (Å²) in [5.41, 5.74) is 17.2. The van der Waals surface area contributed by atoms with E-state index in [2.05, 4.69) is 28.1 Å². The fourth-order valence-corrected chi connectivity index (χ4v) is 7.94. The third-order valence-corrected chi connectivity index (χ3v) is 10.3. The molecule has 0 aliphatic carbocycles. The lowest BCUT2D eigenvalue weighted by Gasteiger charge is -2.27. The first kappa shape index (κ1) is 33.4. The third-order valence-electron chi connectivity index (χ3n) is 8.84. The van der Waals surface area contributed by atoms with Gasteiger partial charge in [-0.3, -0.25) is 0 Å². The van der Waals surface area contributed by atoms with Crippen LogP contribution >= 0.6 is 27.3 Å². The molecule has 12 heteroatoms. The topological polar surface area (TPSA) is 159 Å². The third kappa shape index (κ3) is 5.74. The van der Waals surface area contributed by atoms with E-state index in [-0.39, 0.29) is 23.6 Å². The van der Waals surface area contributed by atoms with Gasteiger partial charge in [-0.1, -0.05) is 24.3 Å². The van der Waals surface area contributed by atoms with Crippen molar-refractivity contribution >= 4 is 48.3 Å². The highest BCUT2D eigenvalue weighted by Crippen LogP contribution is 2.49. The van der Waals surface area contributed by atoms with Gasteiger partial charge in [0.25, 0.3) is 0 Å². The molecule has 4 heterocycles. The molecule has 0 saturated heterocycles. The molecule has 0 saturated carbocycles. The van der Waals surface area contributed by atoms with Crippen LogP contribution in [0.5, 0.6) is 28.7 Å². The fourth-order valence-electron chi connectivity index (χ4n) is 6.53. The van der Waals surface area contributed by atoms with Gasteiger partial charge in [0.1, 0.15) is 46.1 Å². The van der Waals surface area contributed by atoms with Gasteiger partial charge in [-0.2, -0.15) is 10.5 Å². The van der Waals surface area contributed by atoms with Gasteiger partial charge in [-0.05, 0) is 81.0 Å². The number of benzene rings is 4. The Labute approximate surface area is 305 Å². The maximum atomic E-state index is 9.76. The Bertz CT molecular complexity index is 2490. The van der Waals surface area contributed by atoms with Gasteiger partial charge < -0.3 is 39.6 Å². The number of methoxy groups -OCH3 is 3. The number of halogens is 1. The molecule has 0 amide bonds. The van der Waals surface area contributed by atoms with Gasteiger partial charge in [0.15, 0.2) is 11.5 Å². The molecular weight excluding hydrogens is 732 g/mol. The van der Waals surface area contributed by atoms with Crippen molar-refractivity contribution in [1.29, 1.82) is 10.5 Å². The summed E-state index contributed by atoms with van der Waals surface area (Å²) >= 11 is 5.16. The zero-order chi connectivity index (χ0) is 35.8. The number of nitriles is 2. The molecular formula is C39H29BrN4O6S. The molecule has 2 unspecified atom stereocenters. The highest BCUT2D eigenvalue weighted by atomic mass is 79.9. The Kier molecular flexibility index (Phi) is 8.96. The van der Waals surface area contributed by atoms with Crippen molar-refractivity contribution in [3.05, 3.63) is 134 Å². The first-order valence-electron chi connectivity index (χ1n) is 15.5. The van der Waals surface area contributed by atoms with Gasteiger partial charge in [0, 0.05) is 21.2 Å². The zero-order valence-corrected chi connectivity index (χ0v) is 29.9. The minimum Gasteiger partial charge on any atom is -0.497 e. The van der Waals surface area contributed by atoms with E-state index in [0.29, 0.717) is 39.7 Å². The van der Waals surface area contributed by atoms with Crippen LogP contribution in [0.15, 0.2) is 116 Å². The van der Waals surface area contributed by atoms with Crippen LogP contribution in [-0.2, 0) is 0 Å². The molecule has 10 nitrogen and oxygen atoms in total. The minimum absolute atomic E-state index is 0.117. The van der Waals surface area contributed by atoms with Crippen LogP contribution in [0.1, 0.15) is 34.1 Å². The minimum atomic E-state index is -0.362. The van der Waals surface area contributed by atoms with Crippen LogP contribution in [0, 0.1) is 22.7 Å². The molecule has 254 valence electrons. The molecule has 4 aromatic carbocycles. The summed E-state index contributed by atoms with van der Waals surface area (Å²) in [4.78, 5) is 0. The second kappa shape index (κ2) is 13.7. The Hall–Kier alpha value is -6.08. The summed E-state index contributed by atoms with van der Waals surface area (Å²) in [6.45, 7) is 0. The number of fused-ring (bicyclic) bond motifs is 6. The molecule has 4 N–H and O–H groups in total. The molecule has 0 spiro atoms. The molecule has 0 fully saturated rings. The number of hydrogen-bond acceptors (Lipinski definition) is 11. The monoisotopic (exact) mass is 760 g/mol. The van der Waals surface area contributed by atoms with E-state index in [1.165, 1.54) is 0 Å². The number of nitrogens with two attached hydrogens (primary N) is 2. The smallest absolute Gasteiger partial charge is 0.205 e. The van der Waals surface area contributed by atoms with Crippen molar-refractivity contribution in [2.75, 3.05) is 21.3 Å². The number of thiophene rings is 1. The first-order chi connectivity index (χ1) is 24.8. The standard InChI is InChI=1S/C20H15BrN2O3S.C19H14N2O3/c1-24-15-8-10(7-14(21)19(15)25-2)17-12-3-4-16-11(5-6-27-16)18(12)26-20(23)13(17)9-22;1-22-12-4-2-3-11(9-12)17-14-5-6-16-13(7-8-23-16)18(14)24-19(21)15(17)10-20/h3-8,17H,23H2,1-2H3;2-9,17H,21H2,1H3. The zero-order valence-electron chi connectivity index (χ0n) is 27.5. The highest BCUT2D eigenvalue weighted by Gasteiger charge is 2.34. The van der Waals surface area contributed by atoms with Gasteiger partial charge in [0.05, 0.1) is 49.3 Å². The Morgan fingerprint density at radius 1 is 0.745 bits per heavy atom. The normalized spacial score (nSPS) is 16.1. The van der Waals surface area contributed by atoms with E-state index < -0.39 is 0 Å². The van der Waals surface area contributed by atoms with Crippen LogP contribution in [0.4, 0.5) is 0 Å². The van der Waals surface area contributed by atoms with E-state index in [1.807, 2.05) is 78.2 Å². The average molecular weight is 762 g/mol. The predicted octanol–water partition coefficient (Wildman–Crippen LogP) is 8.56. The van der Waals surface area contributed by atoms with Gasteiger partial charge >= 0.3 is 0 Å². The molecule has 8 rings (SSSR count). The SMILES string of the molecule is COc1cc(C2C(C#N)=C(N)Oc3c2ccc2sccc32)cc(Br)c1OC.COc1cccc(C2C(C#N)=C(N)Oc3c2ccc2occc32)c1. The lowest BCUT2D eigenvalue weighted by atomic mass is 9.83. The van der Waals surface area contributed by atoms with Crippen molar-refractivity contribution in [1.82, 2.24) is 0 Å². The molecule has 0 radical (unpaired) electrons. The number of furan rings is 1. The van der Waals surface area contributed by atoms with Gasteiger partial charge in [-0.15, -0.1) is 11.3 Å². The van der Waals surface area contributed by atoms with Crippen molar-refractivity contribution < 1.29 is 28.1 Å². The van der Waals surface area contributed by atoms with E-state index in [1.54, 1.807) is 38.9 Å². The molecule has 2 aliphatic rings. The highest BCUT2D eigenvalue weighted by molar-refractivity contribution is 9.10. The van der Waals surface area contributed by atoms with Crippen molar-refractivity contribution in [3.8, 4) is 40.9 Å². The summed E-state index contributed by atoms with van der Waals surface area (Å²) in [6.07, 6.45) is 1.61. The van der Waals surface area contributed by atoms with Crippen LogP contribution in [0.2, 0.25) is 0 Å². The molecule has 2 aliphatic heterocycles. The van der Waals surface area contributed by atoms with Crippen molar-refractivity contribution in [2.45, 2.75) is 11.8 Å². The lowest BCUT2D eigenvalue weighted by molar-refractivity contribution is 0.352. The summed E-state index contributed by atoms with van der Waals surface area (Å²) < 4.78 is 35.1. The summed E-state index contributed by atoms with van der Waals surface area (Å²) in [6, 6.07) is 27.5. The van der Waals surface area contributed by atoms with Crippen LogP contribution in [0.3, 0.4) is 0 Å². The number of nitrogens with zero attached hydrogens (tertiary/aromatic N) is 2. The maximum absolute atomic E-state index is 9.76. The van der Waals surface area contributed by atoms with Gasteiger partial charge in [-0.25, -0.2) is 0 Å². The van der Waals surface area contributed by atoms with Crippen molar-refractivity contribution in [3.63, 3.8) is 0 Å². The summed E-state index contributed by atoms with van der Waals surface area (Å²) in [5.74, 6) is 2.78. The Morgan fingerprint density at radius 2 is 1.43 bits per heavy atom. The first-order valence-corrected chi connectivity index (χ1v) is 17.2. The van der Waals surface area contributed by atoms with Gasteiger partial charge in [0.2, 0.25) is 11.8 Å². The largest absolute Gasteiger partial charge is 0.497 e. The second-order valence-electron chi connectivity index (χ2n) is 11.5. The van der Waals surface area contributed by atoms with E-state index in [0.717, 1.165) is 47.9 Å². The van der Waals surface area contributed by atoms with E-state index >= 15 is 0 Å². The Balaban J connectivity index is 0.000000160. The van der Waals surface area contributed by atoms with Crippen molar-refractivity contribution in [2.24, 2.45) is 11.5 Å². The Morgan fingerprint density at radius 3 is 2.10 bits per heavy atom. The second-order valence-corrected chi connectivity index (χ2v) is 13.3. The molecule has 0 bridgehead atoms.